The molecule has 1 atom stereocenters. The molecule has 0 aliphatic heterocycles. The van der Waals surface area contributed by atoms with Crippen LogP contribution < -0.4 is 0 Å². The van der Waals surface area contributed by atoms with E-state index in [1.165, 1.54) is 57.8 Å². The second kappa shape index (κ2) is 16.9. The first-order chi connectivity index (χ1) is 14.6. The van der Waals surface area contributed by atoms with E-state index in [9.17, 15) is 9.59 Å². The number of hydrogen-bond acceptors (Lipinski definition) is 4. The van der Waals surface area contributed by atoms with Crippen LogP contribution in [0.1, 0.15) is 125 Å². The number of carbonyl (C=O) groups excluding carboxylic acids is 2. The molecule has 1 aromatic carbocycles. The van der Waals surface area contributed by atoms with Crippen molar-refractivity contribution >= 4 is 11.9 Å². The molecular weight excluding hydrogens is 376 g/mol. The summed E-state index contributed by atoms with van der Waals surface area (Å²) in [5, 5.41) is 0. The van der Waals surface area contributed by atoms with Crippen LogP contribution in [0.3, 0.4) is 0 Å². The normalized spacial score (nSPS) is 11.8. The second-order valence-corrected chi connectivity index (χ2v) is 8.22. The molecule has 1 unspecified atom stereocenters. The summed E-state index contributed by atoms with van der Waals surface area (Å²) in [5.41, 5.74) is 0.584. The Morgan fingerprint density at radius 3 is 1.83 bits per heavy atom. The molecule has 0 fully saturated rings. The van der Waals surface area contributed by atoms with Gasteiger partial charge in [-0.2, -0.15) is 0 Å². The topological polar surface area (TPSA) is 52.6 Å². The zero-order valence-electron chi connectivity index (χ0n) is 19.4. The Morgan fingerprint density at radius 2 is 1.23 bits per heavy atom. The minimum absolute atomic E-state index is 0.157. The van der Waals surface area contributed by atoms with Crippen LogP contribution in [0.2, 0.25) is 0 Å². The predicted molar refractivity (Wildman–Crippen MR) is 123 cm³/mol. The Morgan fingerprint density at radius 1 is 0.733 bits per heavy atom. The third-order valence-electron chi connectivity index (χ3n) is 5.37. The van der Waals surface area contributed by atoms with Gasteiger partial charge in [0.1, 0.15) is 0 Å². The highest BCUT2D eigenvalue weighted by molar-refractivity contribution is 6.03. The van der Waals surface area contributed by atoms with Crippen molar-refractivity contribution in [2.45, 2.75) is 110 Å². The molecule has 1 aromatic rings. The monoisotopic (exact) mass is 418 g/mol. The zero-order chi connectivity index (χ0) is 22.0. The van der Waals surface area contributed by atoms with E-state index in [0.29, 0.717) is 17.7 Å². The first-order valence-corrected chi connectivity index (χ1v) is 12.1. The molecule has 0 radical (unpaired) electrons. The standard InChI is InChI=1S/C26H42O4/c1-4-6-8-10-12-14-18-22(3)30-26(28)24-20-16-15-19-23(24)25(27)29-21-17-13-11-9-7-5-2/h15-16,19-20,22H,4-14,17-18,21H2,1-3H3. The van der Waals surface area contributed by atoms with Crippen molar-refractivity contribution in [1.82, 2.24) is 0 Å². The molecule has 0 heterocycles. The van der Waals surface area contributed by atoms with Crippen molar-refractivity contribution in [2.24, 2.45) is 0 Å². The molecule has 0 bridgehead atoms. The van der Waals surface area contributed by atoms with Crippen LogP contribution in [0.4, 0.5) is 0 Å². The SMILES string of the molecule is CCCCCCCCOC(=O)c1ccccc1C(=O)OC(C)CCCCCCCC. The Kier molecular flexibility index (Phi) is 14.8. The maximum Gasteiger partial charge on any atom is 0.339 e. The van der Waals surface area contributed by atoms with Gasteiger partial charge in [-0.1, -0.05) is 90.2 Å². The van der Waals surface area contributed by atoms with E-state index in [-0.39, 0.29) is 6.10 Å². The number of ether oxygens (including phenoxy) is 2. The van der Waals surface area contributed by atoms with E-state index < -0.39 is 11.9 Å². The third-order valence-corrected chi connectivity index (χ3v) is 5.37. The highest BCUT2D eigenvalue weighted by Crippen LogP contribution is 2.16. The maximum atomic E-state index is 12.6. The quantitative estimate of drug-likeness (QED) is 0.194. The molecule has 30 heavy (non-hydrogen) atoms. The van der Waals surface area contributed by atoms with Gasteiger partial charge in [0.25, 0.3) is 0 Å². The summed E-state index contributed by atoms with van der Waals surface area (Å²) in [4.78, 5) is 25.1. The first kappa shape index (κ1) is 26.2. The van der Waals surface area contributed by atoms with Gasteiger partial charge in [0.2, 0.25) is 0 Å². The molecular formula is C26H42O4. The van der Waals surface area contributed by atoms with Gasteiger partial charge >= 0.3 is 11.9 Å². The van der Waals surface area contributed by atoms with Crippen LogP contribution in [-0.4, -0.2) is 24.6 Å². The molecule has 1 rings (SSSR count). The molecule has 0 N–H and O–H groups in total. The van der Waals surface area contributed by atoms with Crippen molar-refractivity contribution < 1.29 is 19.1 Å². The van der Waals surface area contributed by atoms with Crippen LogP contribution in [-0.2, 0) is 9.47 Å². The van der Waals surface area contributed by atoms with E-state index in [1.54, 1.807) is 24.3 Å². The third kappa shape index (κ3) is 11.4. The Balaban J connectivity index is 2.41. The van der Waals surface area contributed by atoms with Gasteiger partial charge in [0, 0.05) is 0 Å². The molecule has 4 heteroatoms. The number of esters is 2. The Bertz CT molecular complexity index is 596. The minimum atomic E-state index is -0.445. The second-order valence-electron chi connectivity index (χ2n) is 8.22. The van der Waals surface area contributed by atoms with Crippen LogP contribution in [0.25, 0.3) is 0 Å². The summed E-state index contributed by atoms with van der Waals surface area (Å²) in [6.07, 6.45) is 14.8. The lowest BCUT2D eigenvalue weighted by molar-refractivity contribution is 0.0307. The van der Waals surface area contributed by atoms with Crippen molar-refractivity contribution in [3.05, 3.63) is 35.4 Å². The number of rotatable bonds is 17. The van der Waals surface area contributed by atoms with Crippen molar-refractivity contribution in [3.63, 3.8) is 0 Å². The summed E-state index contributed by atoms with van der Waals surface area (Å²) in [6.45, 7) is 6.72. The van der Waals surface area contributed by atoms with Gasteiger partial charge in [0.05, 0.1) is 23.8 Å². The number of carbonyl (C=O) groups is 2. The van der Waals surface area contributed by atoms with E-state index >= 15 is 0 Å². The molecule has 0 saturated carbocycles. The summed E-state index contributed by atoms with van der Waals surface area (Å²) in [7, 11) is 0. The molecule has 170 valence electrons. The fourth-order valence-electron chi connectivity index (χ4n) is 3.48. The number of unbranched alkanes of at least 4 members (excludes halogenated alkanes) is 10. The first-order valence-electron chi connectivity index (χ1n) is 12.1. The van der Waals surface area contributed by atoms with Gasteiger partial charge in [-0.25, -0.2) is 9.59 Å². The van der Waals surface area contributed by atoms with Crippen LogP contribution >= 0.6 is 0 Å². The van der Waals surface area contributed by atoms with E-state index in [0.717, 1.165) is 25.7 Å². The molecule has 0 spiro atoms. The fraction of sp³-hybridized carbons (Fsp3) is 0.692. The largest absolute Gasteiger partial charge is 0.462 e. The van der Waals surface area contributed by atoms with E-state index in [4.69, 9.17) is 9.47 Å². The lowest BCUT2D eigenvalue weighted by atomic mass is 10.1. The van der Waals surface area contributed by atoms with Gasteiger partial charge < -0.3 is 9.47 Å². The average molecular weight is 419 g/mol. The molecule has 0 saturated heterocycles. The van der Waals surface area contributed by atoms with Gasteiger partial charge in [-0.3, -0.25) is 0 Å². The molecule has 4 nitrogen and oxygen atoms in total. The van der Waals surface area contributed by atoms with Gasteiger partial charge in [0.15, 0.2) is 0 Å². The highest BCUT2D eigenvalue weighted by Gasteiger charge is 2.20. The maximum absolute atomic E-state index is 12.6. The number of benzene rings is 1. The number of hydrogen-bond donors (Lipinski definition) is 0. The van der Waals surface area contributed by atoms with Gasteiger partial charge in [-0.15, -0.1) is 0 Å². The van der Waals surface area contributed by atoms with Gasteiger partial charge in [-0.05, 0) is 38.3 Å². The summed E-state index contributed by atoms with van der Waals surface area (Å²) in [6, 6.07) is 6.77. The minimum Gasteiger partial charge on any atom is -0.462 e. The van der Waals surface area contributed by atoms with Crippen LogP contribution in [0, 0.1) is 0 Å². The summed E-state index contributed by atoms with van der Waals surface area (Å²) >= 11 is 0. The van der Waals surface area contributed by atoms with Crippen molar-refractivity contribution in [1.29, 1.82) is 0 Å². The summed E-state index contributed by atoms with van der Waals surface area (Å²) in [5.74, 6) is -0.889. The molecule has 0 amide bonds. The lowest BCUT2D eigenvalue weighted by Crippen LogP contribution is -2.19. The average Bonchev–Trinajstić information content (AvgIpc) is 2.75. The Labute approximate surface area is 183 Å². The predicted octanol–water partition coefficient (Wildman–Crippen LogP) is 7.50. The Hall–Kier alpha value is -1.84. The van der Waals surface area contributed by atoms with Crippen LogP contribution in [0.5, 0.6) is 0 Å². The fourth-order valence-corrected chi connectivity index (χ4v) is 3.48. The molecule has 0 aliphatic carbocycles. The molecule has 0 aliphatic rings. The molecule has 0 aromatic heterocycles. The van der Waals surface area contributed by atoms with E-state index in [1.807, 2.05) is 6.92 Å². The van der Waals surface area contributed by atoms with E-state index in [2.05, 4.69) is 13.8 Å². The van der Waals surface area contributed by atoms with Crippen LogP contribution in [0.15, 0.2) is 24.3 Å². The lowest BCUT2D eigenvalue weighted by Gasteiger charge is -2.15. The highest BCUT2D eigenvalue weighted by atomic mass is 16.5. The smallest absolute Gasteiger partial charge is 0.339 e. The summed E-state index contributed by atoms with van der Waals surface area (Å²) < 4.78 is 11.0. The van der Waals surface area contributed by atoms with Crippen molar-refractivity contribution in [2.75, 3.05) is 6.61 Å². The zero-order valence-corrected chi connectivity index (χ0v) is 19.4. The van der Waals surface area contributed by atoms with Crippen molar-refractivity contribution in [3.8, 4) is 0 Å².